The molecule has 2 rings (SSSR count). The van der Waals surface area contributed by atoms with E-state index in [-0.39, 0.29) is 0 Å². The molecule has 0 atom stereocenters. The number of aromatic nitrogens is 2. The Morgan fingerprint density at radius 2 is 2.21 bits per heavy atom. The molecule has 0 amide bonds. The number of nitrogens with zero attached hydrogens (tertiary/aromatic N) is 2. The minimum atomic E-state index is 0.898. The lowest BCUT2D eigenvalue weighted by molar-refractivity contribution is 0.303. The van der Waals surface area contributed by atoms with Crippen LogP contribution in [0.5, 0.6) is 0 Å². The van der Waals surface area contributed by atoms with Crippen molar-refractivity contribution in [3.8, 4) is 0 Å². The summed E-state index contributed by atoms with van der Waals surface area (Å²) in [4.78, 5) is 0. The number of hydrogen-bond donors (Lipinski definition) is 1. The van der Waals surface area contributed by atoms with Crippen LogP contribution in [0.2, 0.25) is 0 Å². The van der Waals surface area contributed by atoms with Crippen molar-refractivity contribution in [1.29, 1.82) is 0 Å². The second-order valence-electron chi connectivity index (χ2n) is 4.07. The van der Waals surface area contributed by atoms with Crippen LogP contribution in [0.15, 0.2) is 12.1 Å². The van der Waals surface area contributed by atoms with Crippen LogP contribution in [0.4, 0.5) is 5.82 Å². The summed E-state index contributed by atoms with van der Waals surface area (Å²) in [6.07, 6.45) is 5.53. The van der Waals surface area contributed by atoms with Crippen LogP contribution < -0.4 is 5.32 Å². The van der Waals surface area contributed by atoms with Gasteiger partial charge in [0.1, 0.15) is 5.82 Å². The summed E-state index contributed by atoms with van der Waals surface area (Å²) < 4.78 is 0. The SMILES string of the molecule is Cc1ccc(NCCC2CCC2)nn1. The van der Waals surface area contributed by atoms with E-state index in [4.69, 9.17) is 0 Å². The maximum absolute atomic E-state index is 4.06. The summed E-state index contributed by atoms with van der Waals surface area (Å²) in [5, 5.41) is 11.4. The van der Waals surface area contributed by atoms with Crippen molar-refractivity contribution in [2.24, 2.45) is 5.92 Å². The second kappa shape index (κ2) is 4.40. The Balaban J connectivity index is 1.71. The van der Waals surface area contributed by atoms with Gasteiger partial charge in [-0.2, -0.15) is 5.10 Å². The largest absolute Gasteiger partial charge is 0.369 e. The molecule has 1 heterocycles. The highest BCUT2D eigenvalue weighted by molar-refractivity contribution is 5.32. The highest BCUT2D eigenvalue weighted by Crippen LogP contribution is 2.28. The Kier molecular flexibility index (Phi) is 2.96. The predicted octanol–water partition coefficient (Wildman–Crippen LogP) is 2.39. The highest BCUT2D eigenvalue weighted by Gasteiger charge is 2.16. The molecule has 1 N–H and O–H groups in total. The van der Waals surface area contributed by atoms with Gasteiger partial charge < -0.3 is 5.32 Å². The van der Waals surface area contributed by atoms with Crippen molar-refractivity contribution in [1.82, 2.24) is 10.2 Å². The molecule has 14 heavy (non-hydrogen) atoms. The fourth-order valence-electron chi connectivity index (χ4n) is 1.68. The number of nitrogens with one attached hydrogen (secondary N) is 1. The molecular weight excluding hydrogens is 174 g/mol. The zero-order chi connectivity index (χ0) is 9.80. The summed E-state index contributed by atoms with van der Waals surface area (Å²) in [6.45, 7) is 2.98. The van der Waals surface area contributed by atoms with Crippen molar-refractivity contribution in [3.05, 3.63) is 17.8 Å². The fourth-order valence-corrected chi connectivity index (χ4v) is 1.68. The fraction of sp³-hybridized carbons (Fsp3) is 0.636. The molecule has 1 fully saturated rings. The first-order chi connectivity index (χ1) is 6.84. The third-order valence-corrected chi connectivity index (χ3v) is 2.88. The van der Waals surface area contributed by atoms with Gasteiger partial charge in [-0.1, -0.05) is 19.3 Å². The van der Waals surface area contributed by atoms with Crippen LogP contribution in [-0.2, 0) is 0 Å². The van der Waals surface area contributed by atoms with E-state index >= 15 is 0 Å². The number of aryl methyl sites for hydroxylation is 1. The van der Waals surface area contributed by atoms with Crippen molar-refractivity contribution >= 4 is 5.82 Å². The number of rotatable bonds is 4. The smallest absolute Gasteiger partial charge is 0.148 e. The molecule has 1 aliphatic carbocycles. The molecule has 1 aliphatic rings. The lowest BCUT2D eigenvalue weighted by atomic mass is 9.83. The Hall–Kier alpha value is -1.12. The van der Waals surface area contributed by atoms with E-state index in [1.54, 1.807) is 0 Å². The van der Waals surface area contributed by atoms with Gasteiger partial charge >= 0.3 is 0 Å². The molecule has 0 spiro atoms. The molecule has 0 unspecified atom stereocenters. The Morgan fingerprint density at radius 3 is 2.79 bits per heavy atom. The van der Waals surface area contributed by atoms with Crippen LogP contribution in [0, 0.1) is 12.8 Å². The van der Waals surface area contributed by atoms with Gasteiger partial charge in [0.25, 0.3) is 0 Å². The summed E-state index contributed by atoms with van der Waals surface area (Å²) >= 11 is 0. The van der Waals surface area contributed by atoms with Gasteiger partial charge in [0.2, 0.25) is 0 Å². The molecular formula is C11H17N3. The maximum Gasteiger partial charge on any atom is 0.148 e. The highest BCUT2D eigenvalue weighted by atomic mass is 15.2. The molecule has 0 bridgehead atoms. The molecule has 0 radical (unpaired) electrons. The summed E-state index contributed by atoms with van der Waals surface area (Å²) in [6, 6.07) is 3.97. The zero-order valence-corrected chi connectivity index (χ0v) is 8.66. The van der Waals surface area contributed by atoms with Crippen molar-refractivity contribution in [2.45, 2.75) is 32.6 Å². The van der Waals surface area contributed by atoms with Gasteiger partial charge in [0.05, 0.1) is 5.69 Å². The number of hydrogen-bond acceptors (Lipinski definition) is 3. The first-order valence-corrected chi connectivity index (χ1v) is 5.39. The van der Waals surface area contributed by atoms with Crippen LogP contribution in [0.3, 0.4) is 0 Å². The van der Waals surface area contributed by atoms with Gasteiger partial charge in [-0.3, -0.25) is 0 Å². The van der Waals surface area contributed by atoms with Gasteiger partial charge in [-0.25, -0.2) is 0 Å². The van der Waals surface area contributed by atoms with Gasteiger partial charge in [0, 0.05) is 6.54 Å². The minimum absolute atomic E-state index is 0.898. The summed E-state index contributed by atoms with van der Waals surface area (Å²) in [5.41, 5.74) is 0.967. The Labute approximate surface area is 84.9 Å². The average molecular weight is 191 g/mol. The van der Waals surface area contributed by atoms with Crippen LogP contribution in [-0.4, -0.2) is 16.7 Å². The molecule has 1 saturated carbocycles. The quantitative estimate of drug-likeness (QED) is 0.794. The van der Waals surface area contributed by atoms with E-state index in [0.717, 1.165) is 24.0 Å². The van der Waals surface area contributed by atoms with Gasteiger partial charge in [0.15, 0.2) is 0 Å². The minimum Gasteiger partial charge on any atom is -0.369 e. The maximum atomic E-state index is 4.06. The Morgan fingerprint density at radius 1 is 1.36 bits per heavy atom. The Bertz CT molecular complexity index is 277. The van der Waals surface area contributed by atoms with E-state index in [1.165, 1.54) is 25.7 Å². The number of anilines is 1. The van der Waals surface area contributed by atoms with Crippen molar-refractivity contribution in [3.63, 3.8) is 0 Å². The van der Waals surface area contributed by atoms with Gasteiger partial charge in [-0.15, -0.1) is 5.10 Å². The molecule has 0 aromatic carbocycles. The predicted molar refractivity (Wildman–Crippen MR) is 57.2 cm³/mol. The molecule has 76 valence electrons. The van der Waals surface area contributed by atoms with E-state index in [1.807, 2.05) is 19.1 Å². The molecule has 1 aromatic rings. The van der Waals surface area contributed by atoms with Crippen molar-refractivity contribution < 1.29 is 0 Å². The van der Waals surface area contributed by atoms with Crippen LogP contribution in [0.1, 0.15) is 31.4 Å². The topological polar surface area (TPSA) is 37.8 Å². The molecule has 0 saturated heterocycles. The first kappa shape index (κ1) is 9.44. The van der Waals surface area contributed by atoms with E-state index in [0.29, 0.717) is 0 Å². The lowest BCUT2D eigenvalue weighted by Gasteiger charge is -2.25. The molecule has 3 heteroatoms. The lowest BCUT2D eigenvalue weighted by Crippen LogP contribution is -2.16. The normalized spacial score (nSPS) is 16.4. The zero-order valence-electron chi connectivity index (χ0n) is 8.66. The second-order valence-corrected chi connectivity index (χ2v) is 4.07. The van der Waals surface area contributed by atoms with E-state index in [9.17, 15) is 0 Å². The first-order valence-electron chi connectivity index (χ1n) is 5.39. The van der Waals surface area contributed by atoms with E-state index < -0.39 is 0 Å². The summed E-state index contributed by atoms with van der Waals surface area (Å²) in [7, 11) is 0. The molecule has 0 aliphatic heterocycles. The third-order valence-electron chi connectivity index (χ3n) is 2.88. The van der Waals surface area contributed by atoms with Crippen LogP contribution in [0.25, 0.3) is 0 Å². The summed E-state index contributed by atoms with van der Waals surface area (Å²) in [5.74, 6) is 1.86. The van der Waals surface area contributed by atoms with E-state index in [2.05, 4.69) is 15.5 Å². The van der Waals surface area contributed by atoms with Crippen molar-refractivity contribution in [2.75, 3.05) is 11.9 Å². The van der Waals surface area contributed by atoms with Crippen LogP contribution >= 0.6 is 0 Å². The monoisotopic (exact) mass is 191 g/mol. The molecule has 1 aromatic heterocycles. The van der Waals surface area contributed by atoms with Gasteiger partial charge in [-0.05, 0) is 31.4 Å². The average Bonchev–Trinajstić information content (AvgIpc) is 2.12. The molecule has 3 nitrogen and oxygen atoms in total. The third kappa shape index (κ3) is 2.44. The standard InChI is InChI=1S/C11H17N3/c1-9-5-6-11(14-13-9)12-8-7-10-3-2-4-10/h5-6,10H,2-4,7-8H2,1H3,(H,12,14).